The van der Waals surface area contributed by atoms with E-state index in [1.807, 2.05) is 37.3 Å². The van der Waals surface area contributed by atoms with Crippen LogP contribution in [0.5, 0.6) is 0 Å². The van der Waals surface area contributed by atoms with Gasteiger partial charge in [0.05, 0.1) is 17.5 Å². The molecule has 2 aromatic carbocycles. The summed E-state index contributed by atoms with van der Waals surface area (Å²) in [5.74, 6) is -1.69. The molecule has 0 aliphatic carbocycles. The maximum atomic E-state index is 13.8. The van der Waals surface area contributed by atoms with Crippen LogP contribution in [0.1, 0.15) is 18.9 Å². The van der Waals surface area contributed by atoms with E-state index in [-0.39, 0.29) is 23.8 Å². The summed E-state index contributed by atoms with van der Waals surface area (Å²) in [5.41, 5.74) is 0.858. The van der Waals surface area contributed by atoms with Gasteiger partial charge in [-0.2, -0.15) is 0 Å². The van der Waals surface area contributed by atoms with Crippen LogP contribution in [0.25, 0.3) is 0 Å². The van der Waals surface area contributed by atoms with Gasteiger partial charge < -0.3 is 4.90 Å². The summed E-state index contributed by atoms with van der Waals surface area (Å²) in [6, 6.07) is 16.2. The molecule has 0 aromatic heterocycles. The maximum absolute atomic E-state index is 13.8. The van der Waals surface area contributed by atoms with Crippen molar-refractivity contribution in [1.29, 1.82) is 0 Å². The van der Waals surface area contributed by atoms with Crippen molar-refractivity contribution < 1.29 is 14.4 Å². The Kier molecular flexibility index (Phi) is 4.45. The fourth-order valence-electron chi connectivity index (χ4n) is 5.38. The minimum Gasteiger partial charge on any atom is -0.310 e. The molecule has 5 rings (SSSR count). The molecule has 1 N–H and O–H groups in total. The molecular formula is C23H22ClN3O3. The number of fused-ring (bicyclic) bond motifs is 4. The zero-order valence-corrected chi connectivity index (χ0v) is 17.3. The molecule has 3 amide bonds. The number of nitrogens with one attached hydrogen (secondary N) is 1. The molecule has 2 aromatic rings. The van der Waals surface area contributed by atoms with Gasteiger partial charge in [-0.05, 0) is 31.5 Å². The van der Waals surface area contributed by atoms with Crippen molar-refractivity contribution in [3.05, 3.63) is 60.2 Å². The third-order valence-electron chi connectivity index (χ3n) is 6.54. The van der Waals surface area contributed by atoms with Gasteiger partial charge in [0.1, 0.15) is 5.54 Å². The van der Waals surface area contributed by atoms with Crippen molar-refractivity contribution in [2.45, 2.75) is 24.9 Å². The van der Waals surface area contributed by atoms with E-state index in [1.54, 1.807) is 29.2 Å². The standard InChI is InChI=1S/C23H22ClN3O3/c1-14-18-19(21(29)27(20(18)28)15-8-3-2-4-9-15)23(25-14)16-10-5-6-11-17(16)26(22(23)30)13-7-12-24/h2-6,8-11,14,18-19,25H,7,12-13H2,1H3/t14-,18-,19+,23-/m0/s1. The number of nitrogens with zero attached hydrogens (tertiary/aromatic N) is 2. The first-order valence-corrected chi connectivity index (χ1v) is 10.7. The first kappa shape index (κ1) is 19.3. The number of halogens is 1. The number of hydrogen-bond acceptors (Lipinski definition) is 4. The predicted octanol–water partition coefficient (Wildman–Crippen LogP) is 2.65. The summed E-state index contributed by atoms with van der Waals surface area (Å²) in [6.07, 6.45) is 0.643. The molecule has 3 heterocycles. The van der Waals surface area contributed by atoms with Gasteiger partial charge >= 0.3 is 0 Å². The largest absolute Gasteiger partial charge is 0.310 e. The van der Waals surface area contributed by atoms with Crippen molar-refractivity contribution in [3.8, 4) is 0 Å². The van der Waals surface area contributed by atoms with Gasteiger partial charge in [0.2, 0.25) is 11.8 Å². The Morgan fingerprint density at radius 2 is 1.70 bits per heavy atom. The number of hydrogen-bond donors (Lipinski definition) is 1. The lowest BCUT2D eigenvalue weighted by molar-refractivity contribution is -0.132. The second-order valence-corrected chi connectivity index (χ2v) is 8.49. The summed E-state index contributed by atoms with van der Waals surface area (Å²) in [6.45, 7) is 2.35. The Bertz CT molecular complexity index is 1040. The van der Waals surface area contributed by atoms with Crippen LogP contribution in [0, 0.1) is 11.8 Å². The Hall–Kier alpha value is -2.70. The highest BCUT2D eigenvalue weighted by Crippen LogP contribution is 2.54. The summed E-state index contributed by atoms with van der Waals surface area (Å²) in [7, 11) is 0. The van der Waals surface area contributed by atoms with Crippen LogP contribution < -0.4 is 15.1 Å². The Morgan fingerprint density at radius 3 is 2.43 bits per heavy atom. The summed E-state index contributed by atoms with van der Waals surface area (Å²) in [5, 5.41) is 3.38. The van der Waals surface area contributed by atoms with Crippen LogP contribution in [0.15, 0.2) is 54.6 Å². The zero-order valence-electron chi connectivity index (χ0n) is 16.5. The highest BCUT2D eigenvalue weighted by molar-refractivity contribution is 6.26. The van der Waals surface area contributed by atoms with Gasteiger partial charge in [0.15, 0.2) is 0 Å². The van der Waals surface area contributed by atoms with Gasteiger partial charge in [-0.25, -0.2) is 4.90 Å². The van der Waals surface area contributed by atoms with Gasteiger partial charge in [0.25, 0.3) is 5.91 Å². The molecule has 2 saturated heterocycles. The molecule has 7 heteroatoms. The number of benzene rings is 2. The van der Waals surface area contributed by atoms with E-state index in [1.165, 1.54) is 4.90 Å². The number of imide groups is 1. The van der Waals surface area contributed by atoms with E-state index in [2.05, 4.69) is 5.32 Å². The Labute approximate surface area is 179 Å². The molecule has 6 nitrogen and oxygen atoms in total. The van der Waals surface area contributed by atoms with Crippen LogP contribution in [0.2, 0.25) is 0 Å². The van der Waals surface area contributed by atoms with Gasteiger partial charge in [-0.3, -0.25) is 19.7 Å². The summed E-state index contributed by atoms with van der Waals surface area (Å²) in [4.78, 5) is 43.8. The van der Waals surface area contributed by atoms with Crippen molar-refractivity contribution >= 4 is 40.7 Å². The fraction of sp³-hybridized carbons (Fsp3) is 0.348. The van der Waals surface area contributed by atoms with E-state index in [0.717, 1.165) is 11.3 Å². The lowest BCUT2D eigenvalue weighted by Gasteiger charge is -2.30. The molecule has 0 saturated carbocycles. The third kappa shape index (κ3) is 2.38. The average molecular weight is 424 g/mol. The number of alkyl halides is 1. The normalized spacial score (nSPS) is 29.8. The molecule has 0 radical (unpaired) electrons. The maximum Gasteiger partial charge on any atom is 0.252 e. The topological polar surface area (TPSA) is 69.7 Å². The Morgan fingerprint density at radius 1 is 1.00 bits per heavy atom. The number of carbonyl (C=O) groups excluding carboxylic acids is 3. The SMILES string of the molecule is C[C@@H]1N[C@]2(C(=O)N(CCCCl)c3ccccc32)[C@H]2C(=O)N(c3ccccc3)C(=O)[C@@H]12. The Balaban J connectivity index is 1.64. The third-order valence-corrected chi connectivity index (χ3v) is 6.81. The predicted molar refractivity (Wildman–Crippen MR) is 114 cm³/mol. The van der Waals surface area contributed by atoms with Crippen LogP contribution in [0.3, 0.4) is 0 Å². The molecule has 3 aliphatic heterocycles. The second-order valence-electron chi connectivity index (χ2n) is 8.11. The quantitative estimate of drug-likeness (QED) is 0.606. The van der Waals surface area contributed by atoms with E-state index >= 15 is 0 Å². The molecular weight excluding hydrogens is 402 g/mol. The van der Waals surface area contributed by atoms with Crippen LogP contribution in [0.4, 0.5) is 11.4 Å². The van der Waals surface area contributed by atoms with Crippen LogP contribution in [-0.2, 0) is 19.9 Å². The molecule has 3 aliphatic rings. The highest BCUT2D eigenvalue weighted by atomic mass is 35.5. The fourth-order valence-corrected chi connectivity index (χ4v) is 5.50. The highest BCUT2D eigenvalue weighted by Gasteiger charge is 2.70. The van der Waals surface area contributed by atoms with Crippen LogP contribution >= 0.6 is 11.6 Å². The van der Waals surface area contributed by atoms with E-state index < -0.39 is 17.4 Å². The number of para-hydroxylation sites is 2. The van der Waals surface area contributed by atoms with Crippen molar-refractivity contribution in [2.75, 3.05) is 22.2 Å². The van der Waals surface area contributed by atoms with Gasteiger partial charge in [-0.1, -0.05) is 36.4 Å². The molecule has 30 heavy (non-hydrogen) atoms. The smallest absolute Gasteiger partial charge is 0.252 e. The molecule has 0 bridgehead atoms. The monoisotopic (exact) mass is 423 g/mol. The van der Waals surface area contributed by atoms with Crippen LogP contribution in [-0.4, -0.2) is 36.2 Å². The zero-order chi connectivity index (χ0) is 21.0. The number of anilines is 2. The summed E-state index contributed by atoms with van der Waals surface area (Å²) >= 11 is 5.89. The van der Waals surface area contributed by atoms with Crippen molar-refractivity contribution in [2.24, 2.45) is 11.8 Å². The molecule has 154 valence electrons. The average Bonchev–Trinajstić information content (AvgIpc) is 3.30. The van der Waals surface area contributed by atoms with Crippen molar-refractivity contribution in [1.82, 2.24) is 5.32 Å². The van der Waals surface area contributed by atoms with Gasteiger partial charge in [-0.15, -0.1) is 11.6 Å². The second kappa shape index (κ2) is 6.93. The van der Waals surface area contributed by atoms with Gasteiger partial charge in [0, 0.05) is 29.7 Å². The minimum absolute atomic E-state index is 0.177. The van der Waals surface area contributed by atoms with Crippen molar-refractivity contribution in [3.63, 3.8) is 0 Å². The lowest BCUT2D eigenvalue weighted by atomic mass is 9.76. The number of rotatable bonds is 4. The molecule has 4 atom stereocenters. The number of amides is 3. The van der Waals surface area contributed by atoms with E-state index in [9.17, 15) is 14.4 Å². The summed E-state index contributed by atoms with van der Waals surface area (Å²) < 4.78 is 0. The minimum atomic E-state index is -1.23. The first-order valence-electron chi connectivity index (χ1n) is 10.2. The van der Waals surface area contributed by atoms with E-state index in [0.29, 0.717) is 24.5 Å². The lowest BCUT2D eigenvalue weighted by Crippen LogP contribution is -2.55. The molecule has 1 spiro atoms. The molecule has 2 fully saturated rings. The number of carbonyl (C=O) groups is 3. The van der Waals surface area contributed by atoms with E-state index in [4.69, 9.17) is 11.6 Å². The molecule has 0 unspecified atom stereocenters. The first-order chi connectivity index (χ1) is 14.5.